The van der Waals surface area contributed by atoms with Gasteiger partial charge in [0.05, 0.1) is 0 Å². The van der Waals surface area contributed by atoms with Gasteiger partial charge in [-0.15, -0.1) is 0 Å². The minimum absolute atomic E-state index is 0.00353. The molecule has 0 rings (SSSR count). The summed E-state index contributed by atoms with van der Waals surface area (Å²) in [6, 6.07) is -0.125. The van der Waals surface area contributed by atoms with Crippen molar-refractivity contribution in [3.05, 3.63) is 0 Å². The van der Waals surface area contributed by atoms with E-state index in [1.54, 1.807) is 0 Å². The summed E-state index contributed by atoms with van der Waals surface area (Å²) in [5.74, 6) is 0.360. The number of rotatable bonds is 7. The van der Waals surface area contributed by atoms with Crippen molar-refractivity contribution in [1.29, 1.82) is 0 Å². The number of hydrogen-bond donors (Lipinski definition) is 3. The van der Waals surface area contributed by atoms with E-state index in [4.69, 9.17) is 10.8 Å². The van der Waals surface area contributed by atoms with Crippen molar-refractivity contribution in [2.45, 2.75) is 53.0 Å². The summed E-state index contributed by atoms with van der Waals surface area (Å²) in [6.45, 7) is 8.97. The van der Waals surface area contributed by atoms with Gasteiger partial charge in [0.25, 0.3) is 0 Å². The molecule has 0 aliphatic carbocycles. The number of carbonyl (C=O) groups is 1. The first-order chi connectivity index (χ1) is 7.81. The Morgan fingerprint density at radius 1 is 1.41 bits per heavy atom. The molecule has 2 atom stereocenters. The Morgan fingerprint density at radius 2 is 2.00 bits per heavy atom. The molecular weight excluding hydrogens is 216 g/mol. The topological polar surface area (TPSA) is 75.3 Å². The van der Waals surface area contributed by atoms with Crippen LogP contribution in [-0.2, 0) is 4.79 Å². The number of hydrogen-bond acceptors (Lipinski definition) is 3. The van der Waals surface area contributed by atoms with E-state index >= 15 is 0 Å². The summed E-state index contributed by atoms with van der Waals surface area (Å²) in [7, 11) is 0. The second-order valence-electron chi connectivity index (χ2n) is 5.77. The second kappa shape index (κ2) is 7.67. The standard InChI is InChI=1S/C13H28N2O2/c1-5-10(6-7-16)9-15-12(17)8-11(14)13(2,3)4/h10-11,16H,5-9,14H2,1-4H3,(H,15,17). The number of aliphatic hydroxyl groups is 1. The number of amides is 1. The molecule has 2 unspecified atom stereocenters. The lowest BCUT2D eigenvalue weighted by atomic mass is 9.85. The lowest BCUT2D eigenvalue weighted by Gasteiger charge is -2.26. The van der Waals surface area contributed by atoms with Crippen LogP contribution in [0.1, 0.15) is 47.0 Å². The van der Waals surface area contributed by atoms with E-state index < -0.39 is 0 Å². The van der Waals surface area contributed by atoms with Gasteiger partial charge >= 0.3 is 0 Å². The monoisotopic (exact) mass is 244 g/mol. The SMILES string of the molecule is CCC(CCO)CNC(=O)CC(N)C(C)(C)C. The van der Waals surface area contributed by atoms with Crippen LogP contribution >= 0.6 is 0 Å². The van der Waals surface area contributed by atoms with Gasteiger partial charge in [-0.1, -0.05) is 34.1 Å². The van der Waals surface area contributed by atoms with Crippen molar-refractivity contribution in [2.75, 3.05) is 13.2 Å². The number of nitrogens with two attached hydrogens (primary N) is 1. The highest BCUT2D eigenvalue weighted by molar-refractivity contribution is 5.76. The zero-order valence-corrected chi connectivity index (χ0v) is 11.6. The van der Waals surface area contributed by atoms with E-state index in [1.165, 1.54) is 0 Å². The highest BCUT2D eigenvalue weighted by Gasteiger charge is 2.23. The molecule has 4 N–H and O–H groups in total. The lowest BCUT2D eigenvalue weighted by molar-refractivity contribution is -0.122. The maximum atomic E-state index is 11.7. The fraction of sp³-hybridized carbons (Fsp3) is 0.923. The first kappa shape index (κ1) is 16.4. The number of nitrogens with one attached hydrogen (secondary N) is 1. The zero-order chi connectivity index (χ0) is 13.5. The van der Waals surface area contributed by atoms with Gasteiger partial charge in [-0.05, 0) is 17.8 Å². The van der Waals surface area contributed by atoms with Crippen LogP contribution in [0.4, 0.5) is 0 Å². The van der Waals surface area contributed by atoms with Crippen LogP contribution in [0.25, 0.3) is 0 Å². The van der Waals surface area contributed by atoms with E-state index in [-0.39, 0.29) is 24.0 Å². The highest BCUT2D eigenvalue weighted by Crippen LogP contribution is 2.19. The zero-order valence-electron chi connectivity index (χ0n) is 11.6. The Morgan fingerprint density at radius 3 is 2.41 bits per heavy atom. The first-order valence-corrected chi connectivity index (χ1v) is 6.44. The minimum Gasteiger partial charge on any atom is -0.396 e. The summed E-state index contributed by atoms with van der Waals surface area (Å²) in [6.07, 6.45) is 2.06. The summed E-state index contributed by atoms with van der Waals surface area (Å²) in [5.41, 5.74) is 5.90. The lowest BCUT2D eigenvalue weighted by Crippen LogP contribution is -2.41. The van der Waals surface area contributed by atoms with Gasteiger partial charge in [0.15, 0.2) is 0 Å². The molecule has 4 heteroatoms. The molecule has 0 aliphatic rings. The van der Waals surface area contributed by atoms with Crippen molar-refractivity contribution in [1.82, 2.24) is 5.32 Å². The molecule has 0 heterocycles. The summed E-state index contributed by atoms with van der Waals surface area (Å²) in [5, 5.41) is 11.7. The van der Waals surface area contributed by atoms with Crippen LogP contribution < -0.4 is 11.1 Å². The van der Waals surface area contributed by atoms with Crippen molar-refractivity contribution in [2.24, 2.45) is 17.1 Å². The molecule has 102 valence electrons. The molecule has 0 spiro atoms. The van der Waals surface area contributed by atoms with Crippen molar-refractivity contribution in [3.8, 4) is 0 Å². The summed E-state index contributed by atoms with van der Waals surface area (Å²) < 4.78 is 0. The van der Waals surface area contributed by atoms with Gasteiger partial charge in [0.2, 0.25) is 5.91 Å². The van der Waals surface area contributed by atoms with Crippen LogP contribution in [0.15, 0.2) is 0 Å². The van der Waals surface area contributed by atoms with Crippen molar-refractivity contribution >= 4 is 5.91 Å². The average molecular weight is 244 g/mol. The minimum atomic E-state index is -0.125. The van der Waals surface area contributed by atoms with Crippen LogP contribution in [-0.4, -0.2) is 30.2 Å². The van der Waals surface area contributed by atoms with E-state index in [1.807, 2.05) is 20.8 Å². The molecule has 0 aromatic heterocycles. The molecule has 0 aliphatic heterocycles. The molecule has 0 saturated heterocycles. The largest absolute Gasteiger partial charge is 0.396 e. The fourth-order valence-electron chi connectivity index (χ4n) is 1.47. The van der Waals surface area contributed by atoms with Crippen molar-refractivity contribution < 1.29 is 9.90 Å². The van der Waals surface area contributed by atoms with E-state index in [2.05, 4.69) is 12.2 Å². The quantitative estimate of drug-likeness (QED) is 0.631. The Labute approximate surface area is 105 Å². The fourth-order valence-corrected chi connectivity index (χ4v) is 1.47. The third-order valence-electron chi connectivity index (χ3n) is 3.22. The van der Waals surface area contributed by atoms with E-state index in [0.717, 1.165) is 12.8 Å². The van der Waals surface area contributed by atoms with Gasteiger partial charge < -0.3 is 16.2 Å². The average Bonchev–Trinajstić information content (AvgIpc) is 2.22. The molecule has 0 aromatic carbocycles. The molecular formula is C13H28N2O2. The predicted octanol–water partition coefficient (Wildman–Crippen LogP) is 1.27. The Hall–Kier alpha value is -0.610. The van der Waals surface area contributed by atoms with Gasteiger partial charge in [0.1, 0.15) is 0 Å². The maximum absolute atomic E-state index is 11.7. The Bertz CT molecular complexity index is 224. The van der Waals surface area contributed by atoms with Crippen LogP contribution in [0.5, 0.6) is 0 Å². The summed E-state index contributed by atoms with van der Waals surface area (Å²) in [4.78, 5) is 11.7. The molecule has 0 saturated carbocycles. The van der Waals surface area contributed by atoms with Gasteiger partial charge in [-0.25, -0.2) is 0 Å². The maximum Gasteiger partial charge on any atom is 0.221 e. The van der Waals surface area contributed by atoms with E-state index in [0.29, 0.717) is 18.9 Å². The molecule has 4 nitrogen and oxygen atoms in total. The third kappa shape index (κ3) is 7.34. The van der Waals surface area contributed by atoms with Gasteiger partial charge in [-0.3, -0.25) is 4.79 Å². The normalized spacial score (nSPS) is 15.4. The molecule has 17 heavy (non-hydrogen) atoms. The van der Waals surface area contributed by atoms with Crippen LogP contribution in [0.3, 0.4) is 0 Å². The number of carbonyl (C=O) groups excluding carboxylic acids is 1. The van der Waals surface area contributed by atoms with Crippen molar-refractivity contribution in [3.63, 3.8) is 0 Å². The molecule has 1 amide bonds. The second-order valence-corrected chi connectivity index (χ2v) is 5.77. The van der Waals surface area contributed by atoms with E-state index in [9.17, 15) is 4.79 Å². The van der Waals surface area contributed by atoms with Crippen LogP contribution in [0, 0.1) is 11.3 Å². The first-order valence-electron chi connectivity index (χ1n) is 6.44. The molecule has 0 bridgehead atoms. The Kier molecular flexibility index (Phi) is 7.39. The molecule has 0 radical (unpaired) electrons. The Balaban J connectivity index is 3.94. The molecule has 0 aromatic rings. The smallest absolute Gasteiger partial charge is 0.221 e. The molecule has 0 fully saturated rings. The third-order valence-corrected chi connectivity index (χ3v) is 3.22. The predicted molar refractivity (Wildman–Crippen MR) is 70.5 cm³/mol. The highest BCUT2D eigenvalue weighted by atomic mass is 16.3. The summed E-state index contributed by atoms with van der Waals surface area (Å²) >= 11 is 0. The number of aliphatic hydroxyl groups excluding tert-OH is 1. The van der Waals surface area contributed by atoms with Gasteiger partial charge in [0, 0.05) is 25.6 Å². The van der Waals surface area contributed by atoms with Gasteiger partial charge in [-0.2, -0.15) is 0 Å². The van der Waals surface area contributed by atoms with Crippen LogP contribution in [0.2, 0.25) is 0 Å².